The summed E-state index contributed by atoms with van der Waals surface area (Å²) < 4.78 is 0. The van der Waals surface area contributed by atoms with Crippen molar-refractivity contribution in [1.82, 2.24) is 0 Å². The van der Waals surface area contributed by atoms with Gasteiger partial charge >= 0.3 is 117 Å². The molecule has 0 fully saturated rings. The number of anilines is 1. The Hall–Kier alpha value is -1.83. The van der Waals surface area contributed by atoms with E-state index >= 15 is 0 Å². The number of nitrogen functional groups attached to an aromatic ring is 1. The van der Waals surface area contributed by atoms with Crippen molar-refractivity contribution < 1.29 is 0 Å². The Morgan fingerprint density at radius 1 is 0.737 bits per heavy atom. The van der Waals surface area contributed by atoms with Crippen LogP contribution in [0, 0.1) is 0 Å². The molecule has 0 amide bonds. The quantitative estimate of drug-likeness (QED) is 0.703. The maximum absolute atomic E-state index is 6.35. The van der Waals surface area contributed by atoms with Gasteiger partial charge in [0.1, 0.15) is 0 Å². The van der Waals surface area contributed by atoms with Crippen LogP contribution in [0.3, 0.4) is 0 Å². The van der Waals surface area contributed by atoms with Crippen LogP contribution in [0.2, 0.25) is 0 Å². The summed E-state index contributed by atoms with van der Waals surface area (Å²) in [6.07, 6.45) is 10.8. The fourth-order valence-corrected chi connectivity index (χ4v) is 2.36. The van der Waals surface area contributed by atoms with Crippen LogP contribution in [-0.2, 0) is 25.7 Å². The van der Waals surface area contributed by atoms with Crippen LogP contribution in [0.25, 0.3) is 0 Å². The summed E-state index contributed by atoms with van der Waals surface area (Å²) in [5, 5.41) is 0. The van der Waals surface area contributed by atoms with Gasteiger partial charge in [0.2, 0.25) is 0 Å². The molecule has 0 spiro atoms. The molecule has 1 heterocycles. The summed E-state index contributed by atoms with van der Waals surface area (Å²) in [5.41, 5.74) is 12.0. The summed E-state index contributed by atoms with van der Waals surface area (Å²) in [4.78, 5) is 0. The van der Waals surface area contributed by atoms with Crippen LogP contribution in [0.5, 0.6) is 0 Å². The van der Waals surface area contributed by atoms with E-state index < -0.39 is 0 Å². The first-order valence-corrected chi connectivity index (χ1v) is 6.55. The second kappa shape index (κ2) is 7.57. The van der Waals surface area contributed by atoms with Crippen molar-refractivity contribution >= 4 is 12.6 Å². The van der Waals surface area contributed by atoms with Gasteiger partial charge in [-0.1, -0.05) is 0 Å². The van der Waals surface area contributed by atoms with Crippen molar-refractivity contribution in [3.63, 3.8) is 0 Å². The first-order chi connectivity index (χ1) is 9.19. The molecule has 2 N–H and O–H groups in total. The maximum atomic E-state index is 6.35. The first-order valence-electron chi connectivity index (χ1n) is 6.55. The summed E-state index contributed by atoms with van der Waals surface area (Å²) in [7, 11) is 0. The molecule has 98 valence electrons. The molecular weight excluding hydrogens is 229 g/mol. The van der Waals surface area contributed by atoms with Crippen LogP contribution in [0.1, 0.15) is 22.0 Å². The Bertz CT molecular complexity index is 458. The summed E-state index contributed by atoms with van der Waals surface area (Å²) in [6.45, 7) is 17.5. The van der Waals surface area contributed by atoms with Gasteiger partial charge in [-0.15, -0.1) is 0 Å². The summed E-state index contributed by atoms with van der Waals surface area (Å²) >= 11 is 0. The van der Waals surface area contributed by atoms with Crippen molar-refractivity contribution in [3.8, 4) is 0 Å². The average Bonchev–Trinajstić information content (AvgIpc) is 2.39. The Balaban J connectivity index is 3.47. The van der Waals surface area contributed by atoms with Gasteiger partial charge < -0.3 is 0 Å². The van der Waals surface area contributed by atoms with E-state index in [9.17, 15) is 0 Å². The van der Waals surface area contributed by atoms with Gasteiger partial charge in [0.05, 0.1) is 0 Å². The molecule has 2 heteroatoms. The standard InChI is InChI=1S/C17H22BN/c1-5-9-13-15(11-7-3)18-16(12-8-4)14(10-6-2)17(13)19/h5-8H,1-4,9-12,19H2. The van der Waals surface area contributed by atoms with Crippen LogP contribution in [-0.4, -0.2) is 6.91 Å². The third-order valence-corrected chi connectivity index (χ3v) is 3.20. The third-order valence-electron chi connectivity index (χ3n) is 3.20. The zero-order chi connectivity index (χ0) is 14.3. The van der Waals surface area contributed by atoms with Gasteiger partial charge in [0.15, 0.2) is 0 Å². The van der Waals surface area contributed by atoms with E-state index in [1.165, 1.54) is 22.0 Å². The van der Waals surface area contributed by atoms with Crippen molar-refractivity contribution in [2.24, 2.45) is 0 Å². The number of hydrogen-bond donors (Lipinski definition) is 1. The fraction of sp³-hybridized carbons (Fsp3) is 0.235. The van der Waals surface area contributed by atoms with E-state index in [0.717, 1.165) is 31.4 Å². The molecule has 0 saturated carbocycles. The van der Waals surface area contributed by atoms with Crippen molar-refractivity contribution in [1.29, 1.82) is 0 Å². The second-order valence-electron chi connectivity index (χ2n) is 4.54. The van der Waals surface area contributed by atoms with E-state index in [4.69, 9.17) is 5.73 Å². The van der Waals surface area contributed by atoms with E-state index in [-0.39, 0.29) is 0 Å². The van der Waals surface area contributed by atoms with Crippen molar-refractivity contribution in [2.45, 2.75) is 25.7 Å². The van der Waals surface area contributed by atoms with Crippen LogP contribution >= 0.6 is 0 Å². The molecule has 19 heavy (non-hydrogen) atoms. The Morgan fingerprint density at radius 3 is 1.42 bits per heavy atom. The molecule has 0 saturated heterocycles. The minimum atomic E-state index is 0.785. The predicted molar refractivity (Wildman–Crippen MR) is 87.8 cm³/mol. The third kappa shape index (κ3) is 3.57. The number of allylic oxidation sites excluding steroid dienone is 4. The van der Waals surface area contributed by atoms with E-state index in [1.54, 1.807) is 0 Å². The molecule has 0 radical (unpaired) electrons. The fourth-order valence-electron chi connectivity index (χ4n) is 2.36. The number of rotatable bonds is 8. The molecule has 0 aliphatic carbocycles. The minimum absolute atomic E-state index is 0.785. The Morgan fingerprint density at radius 2 is 1.11 bits per heavy atom. The molecule has 1 rings (SSSR count). The molecule has 0 atom stereocenters. The Labute approximate surface area is 117 Å². The van der Waals surface area contributed by atoms with Crippen LogP contribution in [0.4, 0.5) is 5.69 Å². The summed E-state index contributed by atoms with van der Waals surface area (Å²) in [5.74, 6) is 0. The van der Waals surface area contributed by atoms with Crippen LogP contribution < -0.4 is 5.73 Å². The average molecular weight is 251 g/mol. The molecule has 0 unspecified atom stereocenters. The van der Waals surface area contributed by atoms with E-state index in [2.05, 4.69) is 33.2 Å². The monoisotopic (exact) mass is 251 g/mol. The van der Waals surface area contributed by atoms with E-state index in [1.807, 2.05) is 24.3 Å². The summed E-state index contributed by atoms with van der Waals surface area (Å²) in [6, 6.07) is 0. The molecule has 0 aliphatic rings. The first kappa shape index (κ1) is 15.2. The number of nitrogens with two attached hydrogens (primary N) is 1. The zero-order valence-corrected chi connectivity index (χ0v) is 11.6. The molecule has 1 nitrogen and oxygen atoms in total. The number of hydrogen-bond acceptors (Lipinski definition) is 1. The molecule has 0 aliphatic heterocycles. The second-order valence-corrected chi connectivity index (χ2v) is 4.54. The Kier molecular flexibility index (Phi) is 6.07. The van der Waals surface area contributed by atoms with Gasteiger partial charge in [-0.3, -0.25) is 0 Å². The molecular formula is C17H22BN. The van der Waals surface area contributed by atoms with Gasteiger partial charge in [0, 0.05) is 0 Å². The molecule has 0 aromatic carbocycles. The normalized spacial score (nSPS) is 9.68. The van der Waals surface area contributed by atoms with Gasteiger partial charge in [0.25, 0.3) is 0 Å². The topological polar surface area (TPSA) is 26.0 Å². The van der Waals surface area contributed by atoms with Crippen molar-refractivity contribution in [2.75, 3.05) is 5.73 Å². The molecule has 1 aromatic heterocycles. The SMILES string of the molecule is C=CCc1bc(CC=C)c(CC=C)c(N)c1CC=C. The molecule has 0 bridgehead atoms. The van der Waals surface area contributed by atoms with Gasteiger partial charge in [-0.05, 0) is 0 Å². The van der Waals surface area contributed by atoms with E-state index in [0.29, 0.717) is 0 Å². The predicted octanol–water partition coefficient (Wildman–Crippen LogP) is 3.52. The van der Waals surface area contributed by atoms with Crippen LogP contribution in [0.15, 0.2) is 50.6 Å². The zero-order valence-electron chi connectivity index (χ0n) is 11.6. The van der Waals surface area contributed by atoms with Gasteiger partial charge in [-0.2, -0.15) is 0 Å². The molecule has 1 aromatic rings. The van der Waals surface area contributed by atoms with Gasteiger partial charge in [-0.25, -0.2) is 0 Å². The van der Waals surface area contributed by atoms with Crippen molar-refractivity contribution in [3.05, 3.63) is 72.7 Å².